The third-order valence-electron chi connectivity index (χ3n) is 4.66. The number of hydrogen-bond donors (Lipinski definition) is 6. The van der Waals surface area contributed by atoms with Crippen LogP contribution in [0.3, 0.4) is 0 Å². The second-order valence-corrected chi connectivity index (χ2v) is 6.13. The monoisotopic (exact) mass is 302 g/mol. The number of hydrogen-bond acceptors (Lipinski definition) is 6. The van der Waals surface area contributed by atoms with Gasteiger partial charge in [0.25, 0.3) is 0 Å². The lowest BCUT2D eigenvalue weighted by atomic mass is 9.85. The number of rotatable bonds is 5. The molecule has 0 aromatic heterocycles. The molecule has 2 fully saturated rings. The van der Waals surface area contributed by atoms with Gasteiger partial charge in [-0.15, -0.1) is 0 Å². The average molecular weight is 302 g/mol. The molecule has 1 saturated carbocycles. The minimum absolute atomic E-state index is 0.0102. The van der Waals surface area contributed by atoms with Gasteiger partial charge in [-0.3, -0.25) is 4.79 Å². The van der Waals surface area contributed by atoms with E-state index < -0.39 is 36.3 Å². The van der Waals surface area contributed by atoms with Crippen molar-refractivity contribution in [1.82, 2.24) is 10.6 Å². The summed E-state index contributed by atoms with van der Waals surface area (Å²) in [4.78, 5) is 12.0. The minimum atomic E-state index is -1.06. The van der Waals surface area contributed by atoms with Crippen molar-refractivity contribution in [2.24, 2.45) is 5.92 Å². The molecule has 5 atom stereocenters. The van der Waals surface area contributed by atoms with Gasteiger partial charge in [0.1, 0.15) is 6.10 Å². The fraction of sp³-hybridized carbons (Fsp3) is 0.929. The number of carbonyl (C=O) groups is 1. The van der Waals surface area contributed by atoms with Crippen molar-refractivity contribution in [3.8, 4) is 0 Å². The Labute approximate surface area is 124 Å². The predicted molar refractivity (Wildman–Crippen MR) is 75.4 cm³/mol. The molecular formula is C14H26N2O5. The molecule has 0 unspecified atom stereocenters. The van der Waals surface area contributed by atoms with E-state index in [0.717, 1.165) is 32.1 Å². The molecule has 0 aromatic carbocycles. The maximum absolute atomic E-state index is 12.0. The number of nitrogens with one attached hydrogen (secondary N) is 2. The van der Waals surface area contributed by atoms with Crippen LogP contribution in [0.1, 0.15) is 32.1 Å². The first-order valence-electron chi connectivity index (χ1n) is 7.73. The summed E-state index contributed by atoms with van der Waals surface area (Å²) < 4.78 is 0. The topological polar surface area (TPSA) is 122 Å². The summed E-state index contributed by atoms with van der Waals surface area (Å²) in [6.07, 6.45) is 1.86. The summed E-state index contributed by atoms with van der Waals surface area (Å²) in [6.45, 7) is -0.176. The van der Waals surface area contributed by atoms with Gasteiger partial charge >= 0.3 is 0 Å². The molecule has 7 nitrogen and oxygen atoms in total. The van der Waals surface area contributed by atoms with Crippen LogP contribution in [0, 0.1) is 5.92 Å². The van der Waals surface area contributed by atoms with Crippen LogP contribution < -0.4 is 10.6 Å². The van der Waals surface area contributed by atoms with E-state index in [1.165, 1.54) is 0 Å². The Morgan fingerprint density at radius 2 is 1.76 bits per heavy atom. The summed E-state index contributed by atoms with van der Waals surface area (Å²) in [5.74, 6) is -0.422. The fourth-order valence-corrected chi connectivity index (χ4v) is 3.27. The first kappa shape index (κ1) is 16.6. The molecule has 0 radical (unpaired) electrons. The maximum Gasteiger partial charge on any atom is 0.249 e. The molecule has 0 aromatic rings. The molecule has 2 aliphatic rings. The molecule has 0 spiro atoms. The SMILES string of the molecule is O=C(NC[C@H]1N[C@H](CO)[C@@H](O)[C@@H]1O)[C@H](O)C1CCCCC1. The van der Waals surface area contributed by atoms with Crippen LogP contribution in [0.15, 0.2) is 0 Å². The van der Waals surface area contributed by atoms with Gasteiger partial charge in [0.05, 0.1) is 30.9 Å². The van der Waals surface area contributed by atoms with E-state index in [1.807, 2.05) is 0 Å². The lowest BCUT2D eigenvalue weighted by Gasteiger charge is -2.26. The van der Waals surface area contributed by atoms with Crippen molar-refractivity contribution in [3.05, 3.63) is 0 Å². The highest BCUT2D eigenvalue weighted by Gasteiger charge is 2.40. The Balaban J connectivity index is 1.78. The van der Waals surface area contributed by atoms with E-state index in [2.05, 4.69) is 10.6 Å². The molecular weight excluding hydrogens is 276 g/mol. The van der Waals surface area contributed by atoms with E-state index in [-0.39, 0.29) is 19.1 Å². The molecule has 122 valence electrons. The third-order valence-corrected chi connectivity index (χ3v) is 4.66. The Hall–Kier alpha value is -0.730. The zero-order chi connectivity index (χ0) is 15.4. The molecule has 1 amide bonds. The van der Waals surface area contributed by atoms with Crippen molar-refractivity contribution < 1.29 is 25.2 Å². The molecule has 6 N–H and O–H groups in total. The van der Waals surface area contributed by atoms with E-state index in [0.29, 0.717) is 0 Å². The lowest BCUT2D eigenvalue weighted by Crippen LogP contribution is -2.48. The van der Waals surface area contributed by atoms with Gasteiger partial charge in [-0.25, -0.2) is 0 Å². The largest absolute Gasteiger partial charge is 0.395 e. The molecule has 2 rings (SSSR count). The first-order valence-corrected chi connectivity index (χ1v) is 7.73. The van der Waals surface area contributed by atoms with Crippen molar-refractivity contribution in [3.63, 3.8) is 0 Å². The maximum atomic E-state index is 12.0. The first-order chi connectivity index (χ1) is 10.0. The number of carbonyl (C=O) groups excluding carboxylic acids is 1. The third kappa shape index (κ3) is 3.92. The molecule has 1 aliphatic carbocycles. The van der Waals surface area contributed by atoms with Gasteiger partial charge < -0.3 is 31.1 Å². The molecule has 7 heteroatoms. The van der Waals surface area contributed by atoms with Gasteiger partial charge in [0.15, 0.2) is 0 Å². The Kier molecular flexibility index (Phi) is 5.95. The Morgan fingerprint density at radius 1 is 1.14 bits per heavy atom. The van der Waals surface area contributed by atoms with Crippen LogP contribution in [0.25, 0.3) is 0 Å². The Bertz CT molecular complexity index is 348. The standard InChI is InChI=1S/C14H26N2O5/c17-7-10-13(20)12(19)9(16-10)6-15-14(21)11(18)8-4-2-1-3-5-8/h8-13,16-20H,1-7H2,(H,15,21)/t9-,10-,11-,12-,13-/m1/s1. The number of aliphatic hydroxyl groups excluding tert-OH is 4. The highest BCUT2D eigenvalue weighted by Crippen LogP contribution is 2.26. The highest BCUT2D eigenvalue weighted by molar-refractivity contribution is 5.80. The van der Waals surface area contributed by atoms with Gasteiger partial charge in [0.2, 0.25) is 5.91 Å². The van der Waals surface area contributed by atoms with Crippen molar-refractivity contribution in [2.75, 3.05) is 13.2 Å². The summed E-state index contributed by atoms with van der Waals surface area (Å²) in [7, 11) is 0. The second kappa shape index (κ2) is 7.51. The summed E-state index contributed by atoms with van der Waals surface area (Å²) in [5, 5.41) is 44.1. The summed E-state index contributed by atoms with van der Waals surface area (Å²) in [6, 6.07) is -1.12. The summed E-state index contributed by atoms with van der Waals surface area (Å²) >= 11 is 0. The van der Waals surface area contributed by atoms with Gasteiger partial charge in [-0.05, 0) is 18.8 Å². The van der Waals surface area contributed by atoms with E-state index in [1.54, 1.807) is 0 Å². The summed E-state index contributed by atoms with van der Waals surface area (Å²) in [5.41, 5.74) is 0. The predicted octanol–water partition coefficient (Wildman–Crippen LogP) is -1.90. The van der Waals surface area contributed by atoms with Gasteiger partial charge in [0, 0.05) is 6.54 Å². The number of amides is 1. The molecule has 1 saturated heterocycles. The van der Waals surface area contributed by atoms with E-state index in [4.69, 9.17) is 5.11 Å². The van der Waals surface area contributed by atoms with Crippen molar-refractivity contribution in [2.45, 2.75) is 62.5 Å². The normalized spacial score (nSPS) is 35.6. The second-order valence-electron chi connectivity index (χ2n) is 6.13. The van der Waals surface area contributed by atoms with E-state index >= 15 is 0 Å². The molecule has 1 aliphatic heterocycles. The fourth-order valence-electron chi connectivity index (χ4n) is 3.27. The average Bonchev–Trinajstić information content (AvgIpc) is 2.80. The highest BCUT2D eigenvalue weighted by atomic mass is 16.3. The number of aliphatic hydroxyl groups is 4. The van der Waals surface area contributed by atoms with Crippen LogP contribution >= 0.6 is 0 Å². The van der Waals surface area contributed by atoms with Crippen molar-refractivity contribution >= 4 is 5.91 Å². The minimum Gasteiger partial charge on any atom is -0.395 e. The van der Waals surface area contributed by atoms with Gasteiger partial charge in [-0.2, -0.15) is 0 Å². The van der Waals surface area contributed by atoms with Crippen LogP contribution in [0.2, 0.25) is 0 Å². The molecule has 21 heavy (non-hydrogen) atoms. The zero-order valence-electron chi connectivity index (χ0n) is 12.1. The zero-order valence-corrected chi connectivity index (χ0v) is 12.1. The molecule has 0 bridgehead atoms. The van der Waals surface area contributed by atoms with Crippen LogP contribution in [-0.4, -0.2) is 69.9 Å². The van der Waals surface area contributed by atoms with Crippen LogP contribution in [0.5, 0.6) is 0 Å². The lowest BCUT2D eigenvalue weighted by molar-refractivity contribution is -0.132. The van der Waals surface area contributed by atoms with Gasteiger partial charge in [-0.1, -0.05) is 19.3 Å². The molecule has 1 heterocycles. The van der Waals surface area contributed by atoms with Crippen LogP contribution in [0.4, 0.5) is 0 Å². The van der Waals surface area contributed by atoms with E-state index in [9.17, 15) is 20.1 Å². The Morgan fingerprint density at radius 3 is 2.33 bits per heavy atom. The quantitative estimate of drug-likeness (QED) is 0.353. The van der Waals surface area contributed by atoms with Crippen LogP contribution in [-0.2, 0) is 4.79 Å². The van der Waals surface area contributed by atoms with Crippen molar-refractivity contribution in [1.29, 1.82) is 0 Å². The smallest absolute Gasteiger partial charge is 0.249 e.